The molecule has 3 rings (SSSR count). The van der Waals surface area contributed by atoms with Gasteiger partial charge in [-0.1, -0.05) is 48.5 Å². The molecule has 0 amide bonds. The highest BCUT2D eigenvalue weighted by molar-refractivity contribution is 5.89. The second-order valence-corrected chi connectivity index (χ2v) is 5.05. The average molecular weight is 294 g/mol. The first-order valence-electron chi connectivity index (χ1n) is 6.78. The molecule has 110 valence electrons. The Hall–Kier alpha value is -2.92. The maximum absolute atomic E-state index is 10.7. The highest BCUT2D eigenvalue weighted by Gasteiger charge is 2.16. The number of non-ortho nitro benzene ring substituents is 1. The minimum Gasteiger partial charge on any atom is -0.507 e. The lowest BCUT2D eigenvalue weighted by atomic mass is 9.95. The molecule has 5 nitrogen and oxygen atoms in total. The molecule has 1 unspecified atom stereocenters. The maximum atomic E-state index is 10.7. The van der Waals surface area contributed by atoms with E-state index in [4.69, 9.17) is 5.73 Å². The number of benzene rings is 3. The Labute approximate surface area is 126 Å². The van der Waals surface area contributed by atoms with E-state index in [9.17, 15) is 15.2 Å². The fourth-order valence-electron chi connectivity index (χ4n) is 2.51. The first-order valence-corrected chi connectivity index (χ1v) is 6.78. The summed E-state index contributed by atoms with van der Waals surface area (Å²) in [5.74, 6) is 0.143. The number of hydrogen-bond donors (Lipinski definition) is 2. The van der Waals surface area contributed by atoms with Crippen LogP contribution in [0.15, 0.2) is 60.7 Å². The summed E-state index contributed by atoms with van der Waals surface area (Å²) in [6.45, 7) is 0. The molecule has 0 aliphatic heterocycles. The van der Waals surface area contributed by atoms with Crippen LogP contribution in [-0.2, 0) is 0 Å². The van der Waals surface area contributed by atoms with Crippen LogP contribution in [0, 0.1) is 10.1 Å². The molecule has 3 aromatic carbocycles. The number of nitro groups is 1. The van der Waals surface area contributed by atoms with Crippen LogP contribution in [0.1, 0.15) is 17.2 Å². The Kier molecular flexibility index (Phi) is 3.48. The van der Waals surface area contributed by atoms with Crippen LogP contribution in [0.2, 0.25) is 0 Å². The minimum absolute atomic E-state index is 0.0127. The van der Waals surface area contributed by atoms with E-state index in [1.54, 1.807) is 18.2 Å². The largest absolute Gasteiger partial charge is 0.507 e. The number of nitrogens with two attached hydrogens (primary N) is 1. The number of nitrogens with zero attached hydrogens (tertiary/aromatic N) is 1. The Bertz CT molecular complexity index is 844. The highest BCUT2D eigenvalue weighted by atomic mass is 16.6. The van der Waals surface area contributed by atoms with E-state index in [-0.39, 0.29) is 11.4 Å². The van der Waals surface area contributed by atoms with E-state index in [0.717, 1.165) is 10.8 Å². The molecule has 0 fully saturated rings. The molecule has 0 spiro atoms. The molecule has 3 N–H and O–H groups in total. The van der Waals surface area contributed by atoms with Crippen molar-refractivity contribution in [1.82, 2.24) is 0 Å². The molecule has 0 heterocycles. The van der Waals surface area contributed by atoms with Crippen molar-refractivity contribution in [2.75, 3.05) is 0 Å². The minimum atomic E-state index is -0.551. The molecular weight excluding hydrogens is 280 g/mol. The molecule has 1 atom stereocenters. The summed E-state index contributed by atoms with van der Waals surface area (Å²) in [7, 11) is 0. The van der Waals surface area contributed by atoms with Crippen molar-refractivity contribution in [1.29, 1.82) is 0 Å². The molecule has 0 aromatic heterocycles. The third-order valence-electron chi connectivity index (χ3n) is 3.73. The third-order valence-corrected chi connectivity index (χ3v) is 3.73. The van der Waals surface area contributed by atoms with Crippen LogP contribution in [0.5, 0.6) is 5.75 Å². The molecule has 0 aliphatic rings. The van der Waals surface area contributed by atoms with Gasteiger partial charge in [-0.25, -0.2) is 0 Å². The van der Waals surface area contributed by atoms with Gasteiger partial charge in [0, 0.05) is 23.1 Å². The summed E-state index contributed by atoms with van der Waals surface area (Å²) in [6.07, 6.45) is 0. The van der Waals surface area contributed by atoms with Crippen molar-refractivity contribution in [3.8, 4) is 5.75 Å². The van der Waals surface area contributed by atoms with E-state index in [2.05, 4.69) is 0 Å². The summed E-state index contributed by atoms with van der Waals surface area (Å²) in [5.41, 5.74) is 7.51. The summed E-state index contributed by atoms with van der Waals surface area (Å²) in [4.78, 5) is 10.2. The predicted octanol–water partition coefficient (Wildman–Crippen LogP) is 3.50. The Morgan fingerprint density at radius 2 is 1.68 bits per heavy atom. The van der Waals surface area contributed by atoms with Gasteiger partial charge < -0.3 is 10.8 Å². The number of phenolic OH excluding ortho intramolecular Hbond substituents is 1. The number of rotatable bonds is 3. The molecule has 0 saturated heterocycles. The van der Waals surface area contributed by atoms with Gasteiger partial charge in [0.05, 0.1) is 11.0 Å². The summed E-state index contributed by atoms with van der Waals surface area (Å²) in [5, 5.41) is 22.8. The molecule has 0 aliphatic carbocycles. The first-order chi connectivity index (χ1) is 10.6. The lowest BCUT2D eigenvalue weighted by Crippen LogP contribution is -2.12. The number of nitro benzene ring substituents is 1. The smallest absolute Gasteiger partial charge is 0.269 e. The SMILES string of the molecule is NC(c1ccc([N+](=O)[O-])cc1)c1ccc2ccccc2c1O. The number of phenols is 1. The molecule has 3 aromatic rings. The fraction of sp³-hybridized carbons (Fsp3) is 0.0588. The van der Waals surface area contributed by atoms with Crippen molar-refractivity contribution in [3.05, 3.63) is 81.9 Å². The topological polar surface area (TPSA) is 89.4 Å². The van der Waals surface area contributed by atoms with Gasteiger partial charge in [0.25, 0.3) is 5.69 Å². The second-order valence-electron chi connectivity index (χ2n) is 5.05. The second kappa shape index (κ2) is 5.46. The van der Waals surface area contributed by atoms with Gasteiger partial charge in [-0.3, -0.25) is 10.1 Å². The third kappa shape index (κ3) is 2.38. The Morgan fingerprint density at radius 1 is 1.00 bits per heavy atom. The van der Waals surface area contributed by atoms with E-state index >= 15 is 0 Å². The lowest BCUT2D eigenvalue weighted by Gasteiger charge is -2.15. The van der Waals surface area contributed by atoms with E-state index in [1.807, 2.05) is 30.3 Å². The number of hydrogen-bond acceptors (Lipinski definition) is 4. The molecule has 0 saturated carbocycles. The summed E-state index contributed by atoms with van der Waals surface area (Å²) >= 11 is 0. The van der Waals surface area contributed by atoms with Crippen molar-refractivity contribution < 1.29 is 10.0 Å². The Morgan fingerprint density at radius 3 is 2.36 bits per heavy atom. The van der Waals surface area contributed by atoms with Crippen molar-refractivity contribution >= 4 is 16.5 Å². The van der Waals surface area contributed by atoms with E-state index < -0.39 is 11.0 Å². The van der Waals surface area contributed by atoms with E-state index in [0.29, 0.717) is 11.1 Å². The van der Waals surface area contributed by atoms with Crippen LogP contribution in [0.4, 0.5) is 5.69 Å². The van der Waals surface area contributed by atoms with Gasteiger partial charge in [-0.15, -0.1) is 0 Å². The van der Waals surface area contributed by atoms with E-state index in [1.165, 1.54) is 12.1 Å². The number of fused-ring (bicyclic) bond motifs is 1. The lowest BCUT2D eigenvalue weighted by molar-refractivity contribution is -0.384. The molecule has 0 bridgehead atoms. The van der Waals surface area contributed by atoms with Gasteiger partial charge in [0.15, 0.2) is 0 Å². The normalized spacial score (nSPS) is 12.2. The van der Waals surface area contributed by atoms with Crippen LogP contribution in [0.3, 0.4) is 0 Å². The zero-order chi connectivity index (χ0) is 15.7. The monoisotopic (exact) mass is 294 g/mol. The first kappa shape index (κ1) is 14.0. The number of aromatic hydroxyl groups is 1. The van der Waals surface area contributed by atoms with Crippen molar-refractivity contribution in [2.45, 2.75) is 6.04 Å². The maximum Gasteiger partial charge on any atom is 0.269 e. The zero-order valence-electron chi connectivity index (χ0n) is 11.6. The molecule has 22 heavy (non-hydrogen) atoms. The van der Waals surface area contributed by atoms with Gasteiger partial charge in [-0.2, -0.15) is 0 Å². The van der Waals surface area contributed by atoms with Crippen LogP contribution < -0.4 is 5.73 Å². The summed E-state index contributed by atoms with van der Waals surface area (Å²) in [6, 6.07) is 16.7. The van der Waals surface area contributed by atoms with Gasteiger partial charge in [-0.05, 0) is 10.9 Å². The van der Waals surface area contributed by atoms with Gasteiger partial charge >= 0.3 is 0 Å². The molecular formula is C17H14N2O3. The van der Waals surface area contributed by atoms with Crippen molar-refractivity contribution in [2.24, 2.45) is 5.73 Å². The molecule has 5 heteroatoms. The highest BCUT2D eigenvalue weighted by Crippen LogP contribution is 2.34. The van der Waals surface area contributed by atoms with Gasteiger partial charge in [0.1, 0.15) is 5.75 Å². The summed E-state index contributed by atoms with van der Waals surface area (Å²) < 4.78 is 0. The standard InChI is InChI=1S/C17H14N2O3/c18-16(12-5-8-13(9-6-12)19(21)22)15-10-7-11-3-1-2-4-14(11)17(15)20/h1-10,16,20H,18H2. The average Bonchev–Trinajstić information content (AvgIpc) is 2.55. The fourth-order valence-corrected chi connectivity index (χ4v) is 2.51. The van der Waals surface area contributed by atoms with Crippen molar-refractivity contribution in [3.63, 3.8) is 0 Å². The van der Waals surface area contributed by atoms with Crippen LogP contribution in [0.25, 0.3) is 10.8 Å². The zero-order valence-corrected chi connectivity index (χ0v) is 11.6. The van der Waals surface area contributed by atoms with Gasteiger partial charge in [0.2, 0.25) is 0 Å². The van der Waals surface area contributed by atoms with Crippen LogP contribution in [-0.4, -0.2) is 10.0 Å². The van der Waals surface area contributed by atoms with Crippen LogP contribution >= 0.6 is 0 Å². The quantitative estimate of drug-likeness (QED) is 0.571. The molecule has 0 radical (unpaired) electrons. The predicted molar refractivity (Wildman–Crippen MR) is 84.7 cm³/mol. The Balaban J connectivity index is 2.03.